The van der Waals surface area contributed by atoms with Crippen LogP contribution in [0.4, 0.5) is 0 Å². The van der Waals surface area contributed by atoms with Gasteiger partial charge in [0.2, 0.25) is 0 Å². The van der Waals surface area contributed by atoms with Crippen molar-refractivity contribution in [1.29, 1.82) is 0 Å². The summed E-state index contributed by atoms with van der Waals surface area (Å²) >= 11 is 3.34. The van der Waals surface area contributed by atoms with Crippen LogP contribution in [-0.4, -0.2) is 42.1 Å². The number of benzene rings is 1. The monoisotopic (exact) mass is 341 g/mol. The molecule has 0 unspecified atom stereocenters. The number of amides is 1. The summed E-state index contributed by atoms with van der Waals surface area (Å²) in [4.78, 5) is 25.1. The number of piperidine rings is 1. The van der Waals surface area contributed by atoms with Crippen LogP contribution >= 0.6 is 15.9 Å². The molecule has 108 valence electrons. The number of likely N-dealkylation sites (tertiary alicyclic amines) is 1. The topological polar surface area (TPSA) is 66.8 Å². The molecule has 2 rings (SSSR count). The van der Waals surface area contributed by atoms with Gasteiger partial charge in [-0.3, -0.25) is 9.59 Å². The first-order valence-corrected chi connectivity index (χ1v) is 7.18. The molecule has 0 aromatic heterocycles. The van der Waals surface area contributed by atoms with Gasteiger partial charge in [0.1, 0.15) is 5.75 Å². The van der Waals surface area contributed by atoms with Gasteiger partial charge in [-0.2, -0.15) is 0 Å². The summed E-state index contributed by atoms with van der Waals surface area (Å²) in [6.45, 7) is 0.928. The number of nitrogens with zero attached hydrogens (tertiary/aromatic N) is 1. The molecule has 0 saturated carbocycles. The molecular weight excluding hydrogens is 326 g/mol. The molecule has 6 heteroatoms. The highest BCUT2D eigenvalue weighted by atomic mass is 79.9. The van der Waals surface area contributed by atoms with Crippen molar-refractivity contribution in [3.63, 3.8) is 0 Å². The Morgan fingerprint density at radius 1 is 1.35 bits per heavy atom. The summed E-state index contributed by atoms with van der Waals surface area (Å²) in [5, 5.41) is 8.97. The van der Waals surface area contributed by atoms with Crippen LogP contribution in [0.15, 0.2) is 22.7 Å². The number of rotatable bonds is 3. The highest BCUT2D eigenvalue weighted by Crippen LogP contribution is 2.26. The van der Waals surface area contributed by atoms with E-state index in [0.29, 0.717) is 37.2 Å². The van der Waals surface area contributed by atoms with Crippen LogP contribution < -0.4 is 4.74 Å². The molecule has 0 aliphatic carbocycles. The molecule has 20 heavy (non-hydrogen) atoms. The third-order valence-electron chi connectivity index (χ3n) is 3.52. The zero-order valence-corrected chi connectivity index (χ0v) is 12.7. The van der Waals surface area contributed by atoms with Crippen molar-refractivity contribution in [2.75, 3.05) is 20.2 Å². The summed E-state index contributed by atoms with van der Waals surface area (Å²) in [7, 11) is 1.52. The minimum Gasteiger partial charge on any atom is -0.496 e. The third-order valence-corrected chi connectivity index (χ3v) is 4.02. The highest BCUT2D eigenvalue weighted by molar-refractivity contribution is 9.10. The molecule has 0 bridgehead atoms. The lowest BCUT2D eigenvalue weighted by Gasteiger charge is -2.30. The lowest BCUT2D eigenvalue weighted by Crippen LogP contribution is -2.40. The van der Waals surface area contributed by atoms with Gasteiger partial charge in [-0.05, 0) is 31.0 Å². The van der Waals surface area contributed by atoms with Crippen LogP contribution in [0.1, 0.15) is 23.2 Å². The van der Waals surface area contributed by atoms with Gasteiger partial charge in [-0.1, -0.05) is 15.9 Å². The first-order chi connectivity index (χ1) is 9.52. The molecule has 0 atom stereocenters. The molecule has 1 aliphatic rings. The number of carbonyl (C=O) groups excluding carboxylic acids is 1. The molecule has 1 N–H and O–H groups in total. The van der Waals surface area contributed by atoms with Crippen molar-refractivity contribution in [3.8, 4) is 5.75 Å². The molecule has 1 aromatic carbocycles. The van der Waals surface area contributed by atoms with E-state index >= 15 is 0 Å². The number of halogens is 1. The van der Waals surface area contributed by atoms with Crippen LogP contribution in [-0.2, 0) is 4.79 Å². The molecule has 0 radical (unpaired) electrons. The summed E-state index contributed by atoms with van der Waals surface area (Å²) < 4.78 is 6.02. The van der Waals surface area contributed by atoms with E-state index in [-0.39, 0.29) is 11.8 Å². The second kappa shape index (κ2) is 6.26. The highest BCUT2D eigenvalue weighted by Gasteiger charge is 2.28. The summed E-state index contributed by atoms with van der Waals surface area (Å²) in [5.41, 5.74) is 0.496. The fraction of sp³-hybridized carbons (Fsp3) is 0.429. The van der Waals surface area contributed by atoms with Gasteiger partial charge in [0.15, 0.2) is 0 Å². The van der Waals surface area contributed by atoms with Crippen molar-refractivity contribution in [2.45, 2.75) is 12.8 Å². The minimum atomic E-state index is -0.780. The SMILES string of the molecule is COc1ccc(Br)cc1C(=O)N1CCC(C(=O)O)CC1. The Kier molecular flexibility index (Phi) is 4.65. The van der Waals surface area contributed by atoms with E-state index in [1.807, 2.05) is 6.07 Å². The lowest BCUT2D eigenvalue weighted by molar-refractivity contribution is -0.143. The molecule has 1 aromatic rings. The average Bonchev–Trinajstić information content (AvgIpc) is 2.46. The molecule has 1 saturated heterocycles. The van der Waals surface area contributed by atoms with E-state index in [9.17, 15) is 9.59 Å². The van der Waals surface area contributed by atoms with E-state index in [4.69, 9.17) is 9.84 Å². The predicted molar refractivity (Wildman–Crippen MR) is 77.0 cm³/mol. The maximum Gasteiger partial charge on any atom is 0.306 e. The number of methoxy groups -OCH3 is 1. The van der Waals surface area contributed by atoms with E-state index < -0.39 is 5.97 Å². The Balaban J connectivity index is 2.13. The molecule has 5 nitrogen and oxygen atoms in total. The Morgan fingerprint density at radius 3 is 2.55 bits per heavy atom. The largest absolute Gasteiger partial charge is 0.496 e. The van der Waals surface area contributed by atoms with Gasteiger partial charge < -0.3 is 14.7 Å². The maximum absolute atomic E-state index is 12.5. The fourth-order valence-corrected chi connectivity index (χ4v) is 2.71. The number of aliphatic carboxylic acids is 1. The van der Waals surface area contributed by atoms with Crippen molar-refractivity contribution in [1.82, 2.24) is 4.90 Å². The normalized spacial score (nSPS) is 16.0. The Bertz CT molecular complexity index is 524. The van der Waals surface area contributed by atoms with E-state index in [1.54, 1.807) is 17.0 Å². The Hall–Kier alpha value is -1.56. The van der Waals surface area contributed by atoms with Crippen LogP contribution in [0, 0.1) is 5.92 Å². The zero-order chi connectivity index (χ0) is 14.7. The average molecular weight is 342 g/mol. The molecule has 1 heterocycles. The predicted octanol–water partition coefficient (Wildman–Crippen LogP) is 2.39. The quantitative estimate of drug-likeness (QED) is 0.916. The molecule has 1 fully saturated rings. The van der Waals surface area contributed by atoms with Crippen LogP contribution in [0.2, 0.25) is 0 Å². The van der Waals surface area contributed by atoms with Crippen LogP contribution in [0.5, 0.6) is 5.75 Å². The van der Waals surface area contributed by atoms with Crippen molar-refractivity contribution >= 4 is 27.8 Å². The first-order valence-electron chi connectivity index (χ1n) is 6.38. The van der Waals surface area contributed by atoms with E-state index in [2.05, 4.69) is 15.9 Å². The smallest absolute Gasteiger partial charge is 0.306 e. The third kappa shape index (κ3) is 3.12. The van der Waals surface area contributed by atoms with E-state index in [1.165, 1.54) is 7.11 Å². The second-order valence-electron chi connectivity index (χ2n) is 4.75. The Morgan fingerprint density at radius 2 is 2.00 bits per heavy atom. The van der Waals surface area contributed by atoms with Gasteiger partial charge >= 0.3 is 5.97 Å². The van der Waals surface area contributed by atoms with Gasteiger partial charge in [-0.25, -0.2) is 0 Å². The van der Waals surface area contributed by atoms with Crippen molar-refractivity contribution < 1.29 is 19.4 Å². The summed E-state index contributed by atoms with van der Waals surface area (Å²) in [5.74, 6) is -0.717. The van der Waals surface area contributed by atoms with E-state index in [0.717, 1.165) is 4.47 Å². The zero-order valence-electron chi connectivity index (χ0n) is 11.1. The molecule has 0 spiro atoms. The summed E-state index contributed by atoms with van der Waals surface area (Å²) in [6.07, 6.45) is 0.995. The molecule has 1 amide bonds. The number of carboxylic acid groups (broad SMARTS) is 1. The van der Waals surface area contributed by atoms with Crippen molar-refractivity contribution in [2.24, 2.45) is 5.92 Å². The number of ether oxygens (including phenoxy) is 1. The number of hydrogen-bond acceptors (Lipinski definition) is 3. The molecule has 1 aliphatic heterocycles. The maximum atomic E-state index is 12.5. The van der Waals surface area contributed by atoms with Gasteiger partial charge in [-0.15, -0.1) is 0 Å². The second-order valence-corrected chi connectivity index (χ2v) is 5.66. The number of carboxylic acids is 1. The van der Waals surface area contributed by atoms with Gasteiger partial charge in [0.25, 0.3) is 5.91 Å². The Labute approximate surface area is 125 Å². The minimum absolute atomic E-state index is 0.119. The number of carbonyl (C=O) groups is 2. The van der Waals surface area contributed by atoms with Crippen molar-refractivity contribution in [3.05, 3.63) is 28.2 Å². The first kappa shape index (κ1) is 14.8. The van der Waals surface area contributed by atoms with Crippen LogP contribution in [0.25, 0.3) is 0 Å². The van der Waals surface area contributed by atoms with Crippen LogP contribution in [0.3, 0.4) is 0 Å². The van der Waals surface area contributed by atoms with Gasteiger partial charge in [0.05, 0.1) is 18.6 Å². The number of hydrogen-bond donors (Lipinski definition) is 1. The fourth-order valence-electron chi connectivity index (χ4n) is 2.35. The lowest BCUT2D eigenvalue weighted by atomic mass is 9.96. The standard InChI is InChI=1S/C14H16BrNO4/c1-20-12-3-2-10(15)8-11(12)13(17)16-6-4-9(5-7-16)14(18)19/h2-3,8-9H,4-7H2,1H3,(H,18,19). The summed E-state index contributed by atoms with van der Waals surface area (Å²) in [6, 6.07) is 5.28. The van der Waals surface area contributed by atoms with Gasteiger partial charge in [0, 0.05) is 17.6 Å². The molecular formula is C14H16BrNO4.